The third kappa shape index (κ3) is 1.65. The van der Waals surface area contributed by atoms with E-state index in [9.17, 15) is 14.0 Å². The minimum absolute atomic E-state index is 0.0890. The fourth-order valence-corrected chi connectivity index (χ4v) is 1.97. The molecule has 1 aliphatic rings. The fourth-order valence-electron chi connectivity index (χ4n) is 1.97. The van der Waals surface area contributed by atoms with Gasteiger partial charge in [0, 0.05) is 5.69 Å². The molecule has 0 bridgehead atoms. The highest BCUT2D eigenvalue weighted by molar-refractivity contribution is 6.34. The lowest BCUT2D eigenvalue weighted by atomic mass is 10.1. The summed E-state index contributed by atoms with van der Waals surface area (Å²) < 4.78 is 12.8. The Bertz CT molecular complexity index is 698. The number of imide groups is 1. The summed E-state index contributed by atoms with van der Waals surface area (Å²) >= 11 is 0. The Balaban J connectivity index is 2.10. The maximum absolute atomic E-state index is 12.8. The summed E-state index contributed by atoms with van der Waals surface area (Å²) in [6, 6.07) is 6.90. The molecule has 1 aliphatic heterocycles. The number of aromatic nitrogens is 1. The highest BCUT2D eigenvalue weighted by Gasteiger charge is 2.37. The van der Waals surface area contributed by atoms with Crippen LogP contribution in [0.25, 0.3) is 0 Å². The van der Waals surface area contributed by atoms with E-state index in [1.54, 1.807) is 6.07 Å². The molecule has 94 valence electrons. The lowest BCUT2D eigenvalue weighted by molar-refractivity contribution is 0.0925. The van der Waals surface area contributed by atoms with Crippen molar-refractivity contribution in [3.8, 4) is 0 Å². The van der Waals surface area contributed by atoms with Gasteiger partial charge < -0.3 is 5.73 Å². The number of benzene rings is 1. The monoisotopic (exact) mass is 257 g/mol. The van der Waals surface area contributed by atoms with Gasteiger partial charge in [0.1, 0.15) is 11.6 Å². The van der Waals surface area contributed by atoms with Crippen molar-refractivity contribution < 1.29 is 14.0 Å². The van der Waals surface area contributed by atoms with Crippen molar-refractivity contribution in [2.24, 2.45) is 0 Å². The number of anilines is 2. The van der Waals surface area contributed by atoms with Crippen LogP contribution in [0.2, 0.25) is 0 Å². The van der Waals surface area contributed by atoms with Gasteiger partial charge in [-0.3, -0.25) is 9.59 Å². The van der Waals surface area contributed by atoms with Gasteiger partial charge in [0.2, 0.25) is 0 Å². The minimum atomic E-state index is -0.537. The molecule has 6 heteroatoms. The molecule has 0 fully saturated rings. The molecular formula is C13H8FN3O2. The highest BCUT2D eigenvalue weighted by atomic mass is 19.1. The Morgan fingerprint density at radius 2 is 1.79 bits per heavy atom. The van der Waals surface area contributed by atoms with Gasteiger partial charge in [-0.2, -0.15) is 0 Å². The molecule has 2 N–H and O–H groups in total. The van der Waals surface area contributed by atoms with E-state index < -0.39 is 17.6 Å². The van der Waals surface area contributed by atoms with Crippen LogP contribution in [0.3, 0.4) is 0 Å². The highest BCUT2D eigenvalue weighted by Crippen LogP contribution is 2.28. The number of rotatable bonds is 1. The lowest BCUT2D eigenvalue weighted by Gasteiger charge is -2.11. The molecule has 0 atom stereocenters. The Morgan fingerprint density at radius 3 is 2.47 bits per heavy atom. The van der Waals surface area contributed by atoms with Crippen LogP contribution in [0.15, 0.2) is 36.5 Å². The van der Waals surface area contributed by atoms with Crippen LogP contribution in [0.5, 0.6) is 0 Å². The summed E-state index contributed by atoms with van der Waals surface area (Å²) in [5.41, 5.74) is 6.49. The number of carbonyl (C=O) groups is 2. The summed E-state index contributed by atoms with van der Waals surface area (Å²) in [6.45, 7) is 0. The molecule has 2 aromatic rings. The fraction of sp³-hybridized carbons (Fsp3) is 0. The van der Waals surface area contributed by atoms with Crippen LogP contribution in [-0.2, 0) is 0 Å². The molecule has 0 saturated carbocycles. The molecule has 0 spiro atoms. The quantitative estimate of drug-likeness (QED) is 0.622. The van der Waals surface area contributed by atoms with Gasteiger partial charge in [-0.25, -0.2) is 14.3 Å². The van der Waals surface area contributed by atoms with Crippen LogP contribution in [0, 0.1) is 5.82 Å². The molecule has 2 heterocycles. The Morgan fingerprint density at radius 1 is 1.05 bits per heavy atom. The van der Waals surface area contributed by atoms with Gasteiger partial charge >= 0.3 is 0 Å². The molecule has 3 rings (SSSR count). The Kier molecular flexibility index (Phi) is 2.31. The first kappa shape index (κ1) is 11.3. The number of amides is 2. The van der Waals surface area contributed by atoms with Gasteiger partial charge in [0.25, 0.3) is 11.8 Å². The number of nitrogens with two attached hydrogens (primary N) is 1. The molecule has 0 aliphatic carbocycles. The Hall–Kier alpha value is -2.76. The first-order chi connectivity index (χ1) is 9.08. The summed E-state index contributed by atoms with van der Waals surface area (Å²) in [7, 11) is 0. The van der Waals surface area contributed by atoms with E-state index in [1.807, 2.05) is 0 Å². The Labute approximate surface area is 107 Å². The summed E-state index contributed by atoms with van der Waals surface area (Å²) in [5, 5.41) is 0. The average Bonchev–Trinajstić information content (AvgIpc) is 2.63. The van der Waals surface area contributed by atoms with E-state index >= 15 is 0 Å². The second-order valence-corrected chi connectivity index (χ2v) is 4.09. The smallest absolute Gasteiger partial charge is 0.267 e. The number of carbonyl (C=O) groups excluding carboxylic acids is 2. The van der Waals surface area contributed by atoms with Crippen LogP contribution >= 0.6 is 0 Å². The van der Waals surface area contributed by atoms with Gasteiger partial charge in [-0.1, -0.05) is 0 Å². The zero-order valence-corrected chi connectivity index (χ0v) is 9.63. The van der Waals surface area contributed by atoms with Crippen molar-refractivity contribution in [2.75, 3.05) is 10.6 Å². The van der Waals surface area contributed by atoms with Gasteiger partial charge in [0.15, 0.2) is 0 Å². The SMILES string of the molecule is Nc1ccc2c(c1)C(=O)N(c1ccc(F)cn1)C2=O. The molecule has 0 radical (unpaired) electrons. The van der Waals surface area contributed by atoms with Crippen molar-refractivity contribution in [1.29, 1.82) is 0 Å². The predicted molar refractivity (Wildman–Crippen MR) is 66.2 cm³/mol. The molecule has 0 saturated heterocycles. The van der Waals surface area contributed by atoms with Crippen molar-refractivity contribution >= 4 is 23.3 Å². The van der Waals surface area contributed by atoms with E-state index in [2.05, 4.69) is 4.98 Å². The molecular weight excluding hydrogens is 249 g/mol. The van der Waals surface area contributed by atoms with Crippen molar-refractivity contribution in [2.45, 2.75) is 0 Å². The maximum atomic E-state index is 12.8. The number of hydrogen-bond acceptors (Lipinski definition) is 4. The molecule has 1 aromatic carbocycles. The van der Waals surface area contributed by atoms with E-state index in [1.165, 1.54) is 18.2 Å². The molecule has 2 amide bonds. The van der Waals surface area contributed by atoms with Crippen LogP contribution in [-0.4, -0.2) is 16.8 Å². The van der Waals surface area contributed by atoms with Crippen molar-refractivity contribution in [3.63, 3.8) is 0 Å². The topological polar surface area (TPSA) is 76.3 Å². The second-order valence-electron chi connectivity index (χ2n) is 4.09. The summed E-state index contributed by atoms with van der Waals surface area (Å²) in [4.78, 5) is 28.9. The van der Waals surface area contributed by atoms with E-state index in [0.717, 1.165) is 17.2 Å². The zero-order chi connectivity index (χ0) is 13.6. The van der Waals surface area contributed by atoms with Gasteiger partial charge in [-0.05, 0) is 30.3 Å². The summed E-state index contributed by atoms with van der Waals surface area (Å²) in [6.07, 6.45) is 0.952. The number of nitrogen functional groups attached to an aromatic ring is 1. The minimum Gasteiger partial charge on any atom is -0.399 e. The van der Waals surface area contributed by atoms with E-state index in [4.69, 9.17) is 5.73 Å². The number of nitrogens with zero attached hydrogens (tertiary/aromatic N) is 2. The van der Waals surface area contributed by atoms with Crippen LogP contribution < -0.4 is 10.6 Å². The zero-order valence-electron chi connectivity index (χ0n) is 9.63. The number of halogens is 1. The summed E-state index contributed by atoms with van der Waals surface area (Å²) in [5.74, 6) is -1.44. The number of hydrogen-bond donors (Lipinski definition) is 1. The maximum Gasteiger partial charge on any atom is 0.267 e. The molecule has 19 heavy (non-hydrogen) atoms. The van der Waals surface area contributed by atoms with Crippen LogP contribution in [0.1, 0.15) is 20.7 Å². The first-order valence-corrected chi connectivity index (χ1v) is 5.48. The average molecular weight is 257 g/mol. The molecule has 5 nitrogen and oxygen atoms in total. The third-order valence-electron chi connectivity index (χ3n) is 2.85. The third-order valence-corrected chi connectivity index (χ3v) is 2.85. The largest absolute Gasteiger partial charge is 0.399 e. The van der Waals surface area contributed by atoms with Crippen molar-refractivity contribution in [1.82, 2.24) is 4.98 Å². The normalized spacial score (nSPS) is 13.8. The first-order valence-electron chi connectivity index (χ1n) is 5.48. The van der Waals surface area contributed by atoms with Gasteiger partial charge in [0.05, 0.1) is 17.3 Å². The van der Waals surface area contributed by atoms with E-state index in [-0.39, 0.29) is 16.9 Å². The van der Waals surface area contributed by atoms with Gasteiger partial charge in [-0.15, -0.1) is 0 Å². The number of pyridine rings is 1. The van der Waals surface area contributed by atoms with Crippen molar-refractivity contribution in [3.05, 3.63) is 53.5 Å². The molecule has 1 aromatic heterocycles. The molecule has 0 unspecified atom stereocenters. The predicted octanol–water partition coefficient (Wildman–Crippen LogP) is 1.60. The lowest BCUT2D eigenvalue weighted by Crippen LogP contribution is -2.30. The standard InChI is InChI=1S/C13H8FN3O2/c14-7-1-4-11(16-6-7)17-12(18)9-3-2-8(15)5-10(9)13(17)19/h1-6H,15H2. The second kappa shape index (κ2) is 3.88. The number of fused-ring (bicyclic) bond motifs is 1. The van der Waals surface area contributed by atoms with E-state index in [0.29, 0.717) is 5.69 Å². The van der Waals surface area contributed by atoms with Crippen LogP contribution in [0.4, 0.5) is 15.9 Å².